The molecule has 2 N–H and O–H groups in total. The summed E-state index contributed by atoms with van der Waals surface area (Å²) in [5, 5.41) is 6.82. The number of likely N-dealkylation sites (tertiary alicyclic amines) is 1. The fourth-order valence-electron chi connectivity index (χ4n) is 2.69. The molecule has 0 saturated carbocycles. The summed E-state index contributed by atoms with van der Waals surface area (Å²) < 4.78 is 0. The van der Waals surface area contributed by atoms with E-state index in [1.54, 1.807) is 0 Å². The first kappa shape index (κ1) is 16.3. The molecule has 0 aromatic heterocycles. The molecular weight excluding hydrogens is 236 g/mol. The first-order valence-corrected chi connectivity index (χ1v) is 7.86. The van der Waals surface area contributed by atoms with Crippen LogP contribution in [0.25, 0.3) is 0 Å². The Labute approximate surface area is 119 Å². The van der Waals surface area contributed by atoms with Crippen molar-refractivity contribution in [1.29, 1.82) is 0 Å². The highest BCUT2D eigenvalue weighted by Crippen LogP contribution is 2.17. The van der Waals surface area contributed by atoms with E-state index in [0.29, 0.717) is 6.04 Å². The second-order valence-corrected chi connectivity index (χ2v) is 5.91. The van der Waals surface area contributed by atoms with E-state index in [9.17, 15) is 0 Å². The third-order valence-electron chi connectivity index (χ3n) is 3.67. The monoisotopic (exact) mass is 268 g/mol. The molecule has 112 valence electrons. The van der Waals surface area contributed by atoms with Crippen molar-refractivity contribution >= 4 is 5.96 Å². The molecule has 19 heavy (non-hydrogen) atoms. The molecule has 1 atom stereocenters. The fourth-order valence-corrected chi connectivity index (χ4v) is 2.69. The summed E-state index contributed by atoms with van der Waals surface area (Å²) in [5.74, 6) is 1.69. The molecule has 0 radical (unpaired) electrons. The van der Waals surface area contributed by atoms with Crippen molar-refractivity contribution in [3.63, 3.8) is 0 Å². The first-order chi connectivity index (χ1) is 9.17. The lowest BCUT2D eigenvalue weighted by Gasteiger charge is -2.29. The summed E-state index contributed by atoms with van der Waals surface area (Å²) in [6, 6.07) is 0.641. The molecule has 1 fully saturated rings. The molecule has 0 spiro atoms. The molecule has 4 heteroatoms. The smallest absolute Gasteiger partial charge is 0.191 e. The molecule has 1 aliphatic heterocycles. The zero-order valence-corrected chi connectivity index (χ0v) is 13.2. The number of guanidine groups is 1. The SMILES string of the molecule is CCCNC(=NC)NCC(CC(C)C)N1CCCC1. The van der Waals surface area contributed by atoms with Gasteiger partial charge in [-0.05, 0) is 44.7 Å². The number of hydrogen-bond donors (Lipinski definition) is 2. The van der Waals surface area contributed by atoms with Crippen LogP contribution in [0.1, 0.15) is 46.5 Å². The maximum Gasteiger partial charge on any atom is 0.191 e. The van der Waals surface area contributed by atoms with Crippen LogP contribution in [-0.4, -0.2) is 50.1 Å². The van der Waals surface area contributed by atoms with Gasteiger partial charge in [-0.1, -0.05) is 20.8 Å². The van der Waals surface area contributed by atoms with Gasteiger partial charge in [0.15, 0.2) is 5.96 Å². The van der Waals surface area contributed by atoms with E-state index < -0.39 is 0 Å². The van der Waals surface area contributed by atoms with Gasteiger partial charge in [0.1, 0.15) is 0 Å². The van der Waals surface area contributed by atoms with Crippen LogP contribution in [0.2, 0.25) is 0 Å². The Hall–Kier alpha value is -0.770. The number of hydrogen-bond acceptors (Lipinski definition) is 2. The van der Waals surface area contributed by atoms with E-state index in [1.807, 2.05) is 7.05 Å². The average molecular weight is 268 g/mol. The lowest BCUT2D eigenvalue weighted by Crippen LogP contribution is -2.47. The van der Waals surface area contributed by atoms with Gasteiger partial charge in [-0.15, -0.1) is 0 Å². The summed E-state index contributed by atoms with van der Waals surface area (Å²) >= 11 is 0. The summed E-state index contributed by atoms with van der Waals surface area (Å²) in [4.78, 5) is 6.92. The molecule has 0 amide bonds. The van der Waals surface area contributed by atoms with Crippen molar-refractivity contribution in [3.8, 4) is 0 Å². The molecule has 0 aliphatic carbocycles. The predicted octanol–water partition coefficient (Wildman–Crippen LogP) is 2.07. The molecule has 1 rings (SSSR count). The second kappa shape index (κ2) is 9.18. The van der Waals surface area contributed by atoms with Crippen LogP contribution in [0.3, 0.4) is 0 Å². The zero-order valence-electron chi connectivity index (χ0n) is 13.2. The van der Waals surface area contributed by atoms with Crippen LogP contribution in [-0.2, 0) is 0 Å². The van der Waals surface area contributed by atoms with Crippen LogP contribution in [0.15, 0.2) is 4.99 Å². The molecule has 0 bridgehead atoms. The third-order valence-corrected chi connectivity index (χ3v) is 3.67. The molecule has 1 unspecified atom stereocenters. The number of nitrogens with one attached hydrogen (secondary N) is 2. The largest absolute Gasteiger partial charge is 0.356 e. The van der Waals surface area contributed by atoms with E-state index in [-0.39, 0.29) is 0 Å². The van der Waals surface area contributed by atoms with Gasteiger partial charge in [-0.3, -0.25) is 9.89 Å². The molecule has 1 saturated heterocycles. The molecule has 4 nitrogen and oxygen atoms in total. The van der Waals surface area contributed by atoms with Gasteiger partial charge in [-0.25, -0.2) is 0 Å². The molecule has 0 aromatic rings. The van der Waals surface area contributed by atoms with Crippen LogP contribution in [0, 0.1) is 5.92 Å². The van der Waals surface area contributed by atoms with Crippen LogP contribution in [0.5, 0.6) is 0 Å². The second-order valence-electron chi connectivity index (χ2n) is 5.91. The highest BCUT2D eigenvalue weighted by atomic mass is 15.2. The minimum absolute atomic E-state index is 0.641. The van der Waals surface area contributed by atoms with Crippen molar-refractivity contribution in [2.24, 2.45) is 10.9 Å². The number of nitrogens with zero attached hydrogens (tertiary/aromatic N) is 2. The van der Waals surface area contributed by atoms with E-state index in [2.05, 4.69) is 41.3 Å². The van der Waals surface area contributed by atoms with Gasteiger partial charge < -0.3 is 10.6 Å². The quantitative estimate of drug-likeness (QED) is 0.548. The maximum absolute atomic E-state index is 4.28. The average Bonchev–Trinajstić information content (AvgIpc) is 2.91. The van der Waals surface area contributed by atoms with Crippen LogP contribution < -0.4 is 10.6 Å². The summed E-state index contributed by atoms with van der Waals surface area (Å²) in [5.41, 5.74) is 0. The Kier molecular flexibility index (Phi) is 7.87. The van der Waals surface area contributed by atoms with Crippen molar-refractivity contribution in [2.45, 2.75) is 52.5 Å². The van der Waals surface area contributed by atoms with Crippen molar-refractivity contribution < 1.29 is 0 Å². The molecule has 1 heterocycles. The van der Waals surface area contributed by atoms with E-state index >= 15 is 0 Å². The lowest BCUT2D eigenvalue weighted by atomic mass is 10.0. The summed E-state index contributed by atoms with van der Waals surface area (Å²) in [6.07, 6.45) is 5.11. The summed E-state index contributed by atoms with van der Waals surface area (Å²) in [6.45, 7) is 11.3. The zero-order chi connectivity index (χ0) is 14.1. The Morgan fingerprint density at radius 2 is 1.89 bits per heavy atom. The van der Waals surface area contributed by atoms with Crippen molar-refractivity contribution in [2.75, 3.05) is 33.2 Å². The highest BCUT2D eigenvalue weighted by molar-refractivity contribution is 5.79. The highest BCUT2D eigenvalue weighted by Gasteiger charge is 2.22. The number of aliphatic imine (C=N–C) groups is 1. The van der Waals surface area contributed by atoms with Crippen molar-refractivity contribution in [1.82, 2.24) is 15.5 Å². The topological polar surface area (TPSA) is 39.7 Å². The van der Waals surface area contributed by atoms with Gasteiger partial charge in [0.05, 0.1) is 0 Å². The number of rotatable bonds is 7. The molecule has 0 aromatic carbocycles. The lowest BCUT2D eigenvalue weighted by molar-refractivity contribution is 0.213. The summed E-state index contributed by atoms with van der Waals surface area (Å²) in [7, 11) is 1.85. The van der Waals surface area contributed by atoms with Gasteiger partial charge >= 0.3 is 0 Å². The first-order valence-electron chi connectivity index (χ1n) is 7.86. The Bertz CT molecular complexity index is 257. The van der Waals surface area contributed by atoms with Crippen molar-refractivity contribution in [3.05, 3.63) is 0 Å². The van der Waals surface area contributed by atoms with E-state index in [0.717, 1.165) is 31.4 Å². The molecule has 1 aliphatic rings. The van der Waals surface area contributed by atoms with Crippen LogP contribution in [0.4, 0.5) is 0 Å². The van der Waals surface area contributed by atoms with Crippen LogP contribution >= 0.6 is 0 Å². The van der Waals surface area contributed by atoms with E-state index in [1.165, 1.54) is 32.4 Å². The van der Waals surface area contributed by atoms with Gasteiger partial charge in [-0.2, -0.15) is 0 Å². The normalized spacial score (nSPS) is 18.9. The van der Waals surface area contributed by atoms with Gasteiger partial charge in [0, 0.05) is 26.2 Å². The molecular formula is C15H32N4. The standard InChI is InChI=1S/C15H32N4/c1-5-8-17-15(16-4)18-12-14(11-13(2)3)19-9-6-7-10-19/h13-14H,5-12H2,1-4H3,(H2,16,17,18). The van der Waals surface area contributed by atoms with E-state index in [4.69, 9.17) is 0 Å². The minimum Gasteiger partial charge on any atom is -0.356 e. The predicted molar refractivity (Wildman–Crippen MR) is 83.7 cm³/mol. The van der Waals surface area contributed by atoms with Gasteiger partial charge in [0.25, 0.3) is 0 Å². The Morgan fingerprint density at radius 1 is 1.21 bits per heavy atom. The third kappa shape index (κ3) is 6.28. The van der Waals surface area contributed by atoms with Gasteiger partial charge in [0.2, 0.25) is 0 Å². The Morgan fingerprint density at radius 3 is 2.42 bits per heavy atom. The fraction of sp³-hybridized carbons (Fsp3) is 0.933. The Balaban J connectivity index is 2.42. The maximum atomic E-state index is 4.28. The minimum atomic E-state index is 0.641.